The molecule has 0 saturated heterocycles. The minimum absolute atomic E-state index is 0.540. The van der Waals surface area contributed by atoms with Crippen LogP contribution in [0.4, 0.5) is 0 Å². The Morgan fingerprint density at radius 1 is 1.17 bits per heavy atom. The molecule has 1 aliphatic rings. The van der Waals surface area contributed by atoms with Crippen LogP contribution in [0.25, 0.3) is 0 Å². The molecule has 18 heavy (non-hydrogen) atoms. The first kappa shape index (κ1) is 13.4. The number of benzene rings is 1. The van der Waals surface area contributed by atoms with Crippen molar-refractivity contribution in [2.75, 3.05) is 6.54 Å². The summed E-state index contributed by atoms with van der Waals surface area (Å²) in [5.41, 5.74) is 4.41. The van der Waals surface area contributed by atoms with E-state index in [1.54, 1.807) is 5.57 Å². The van der Waals surface area contributed by atoms with Gasteiger partial charge < -0.3 is 5.32 Å². The van der Waals surface area contributed by atoms with E-state index in [1.165, 1.54) is 36.8 Å². The molecule has 0 aromatic heterocycles. The maximum absolute atomic E-state index is 3.65. The van der Waals surface area contributed by atoms with E-state index in [2.05, 4.69) is 49.5 Å². The molecule has 1 aliphatic carbocycles. The van der Waals surface area contributed by atoms with Crippen LogP contribution >= 0.6 is 0 Å². The summed E-state index contributed by atoms with van der Waals surface area (Å²) in [6.45, 7) is 5.40. The average Bonchev–Trinajstić information content (AvgIpc) is 2.42. The van der Waals surface area contributed by atoms with Gasteiger partial charge >= 0.3 is 0 Å². The summed E-state index contributed by atoms with van der Waals surface area (Å²) >= 11 is 0. The van der Waals surface area contributed by atoms with Gasteiger partial charge in [0.25, 0.3) is 0 Å². The molecular weight excluding hydrogens is 218 g/mol. The number of hydrogen-bond donors (Lipinski definition) is 1. The predicted molar refractivity (Wildman–Crippen MR) is 78.9 cm³/mol. The molecule has 2 rings (SSSR count). The molecule has 0 radical (unpaired) electrons. The fourth-order valence-corrected chi connectivity index (χ4v) is 2.72. The second kappa shape index (κ2) is 6.75. The highest BCUT2D eigenvalue weighted by Gasteiger charge is 2.15. The van der Waals surface area contributed by atoms with Crippen LogP contribution in [0.5, 0.6) is 0 Å². The van der Waals surface area contributed by atoms with Crippen molar-refractivity contribution in [3.05, 3.63) is 47.0 Å². The molecule has 0 spiro atoms. The van der Waals surface area contributed by atoms with Gasteiger partial charge in [-0.05, 0) is 51.1 Å². The Bertz CT molecular complexity index is 389. The molecule has 1 aromatic rings. The molecule has 0 amide bonds. The van der Waals surface area contributed by atoms with Gasteiger partial charge in [-0.25, -0.2) is 0 Å². The van der Waals surface area contributed by atoms with Crippen LogP contribution < -0.4 is 5.32 Å². The largest absolute Gasteiger partial charge is 0.310 e. The fourth-order valence-electron chi connectivity index (χ4n) is 2.72. The van der Waals surface area contributed by atoms with Crippen LogP contribution in [0.2, 0.25) is 0 Å². The molecule has 98 valence electrons. The van der Waals surface area contributed by atoms with Gasteiger partial charge in [-0.2, -0.15) is 0 Å². The molecule has 1 unspecified atom stereocenters. The summed E-state index contributed by atoms with van der Waals surface area (Å²) in [5.74, 6) is 0. The van der Waals surface area contributed by atoms with Gasteiger partial charge in [0.15, 0.2) is 0 Å². The van der Waals surface area contributed by atoms with Crippen LogP contribution in [-0.4, -0.2) is 12.6 Å². The summed E-state index contributed by atoms with van der Waals surface area (Å²) in [7, 11) is 0. The van der Waals surface area contributed by atoms with E-state index in [0.717, 1.165) is 13.0 Å². The van der Waals surface area contributed by atoms with Crippen molar-refractivity contribution in [1.82, 2.24) is 5.32 Å². The van der Waals surface area contributed by atoms with Crippen molar-refractivity contribution in [2.45, 2.75) is 52.0 Å². The van der Waals surface area contributed by atoms with Gasteiger partial charge in [0, 0.05) is 6.04 Å². The first-order valence-electron chi connectivity index (χ1n) is 7.27. The average molecular weight is 243 g/mol. The SMILES string of the molecule is CCNC(Cc1ccc(C)cc1)C1=CCCCC1. The lowest BCUT2D eigenvalue weighted by molar-refractivity contribution is 0.541. The van der Waals surface area contributed by atoms with Crippen molar-refractivity contribution in [2.24, 2.45) is 0 Å². The van der Waals surface area contributed by atoms with E-state index in [1.807, 2.05) is 0 Å². The van der Waals surface area contributed by atoms with Crippen molar-refractivity contribution in [3.63, 3.8) is 0 Å². The minimum atomic E-state index is 0.540. The molecule has 0 bridgehead atoms. The maximum Gasteiger partial charge on any atom is 0.0319 e. The van der Waals surface area contributed by atoms with Crippen LogP contribution in [0.3, 0.4) is 0 Å². The molecule has 1 N–H and O–H groups in total. The summed E-state index contributed by atoms with van der Waals surface area (Å²) in [5, 5.41) is 3.65. The predicted octanol–water partition coefficient (Wildman–Crippen LogP) is 4.02. The summed E-state index contributed by atoms with van der Waals surface area (Å²) < 4.78 is 0. The normalized spacial score (nSPS) is 17.3. The van der Waals surface area contributed by atoms with Gasteiger partial charge in [-0.1, -0.05) is 48.4 Å². The molecule has 1 heteroatoms. The number of hydrogen-bond acceptors (Lipinski definition) is 1. The number of rotatable bonds is 5. The number of nitrogens with one attached hydrogen (secondary N) is 1. The Balaban J connectivity index is 2.05. The number of allylic oxidation sites excluding steroid dienone is 1. The summed E-state index contributed by atoms with van der Waals surface area (Å²) in [6.07, 6.45) is 8.87. The van der Waals surface area contributed by atoms with Gasteiger partial charge in [0.1, 0.15) is 0 Å². The van der Waals surface area contributed by atoms with Gasteiger partial charge in [0.2, 0.25) is 0 Å². The molecule has 0 aliphatic heterocycles. The van der Waals surface area contributed by atoms with Crippen molar-refractivity contribution >= 4 is 0 Å². The Morgan fingerprint density at radius 3 is 2.56 bits per heavy atom. The minimum Gasteiger partial charge on any atom is -0.310 e. The standard InChI is InChI=1S/C17H25N/c1-3-18-17(16-7-5-4-6-8-16)13-15-11-9-14(2)10-12-15/h7,9-12,17-18H,3-6,8,13H2,1-2H3. The van der Waals surface area contributed by atoms with Gasteiger partial charge in [0.05, 0.1) is 0 Å². The smallest absolute Gasteiger partial charge is 0.0319 e. The lowest BCUT2D eigenvalue weighted by Crippen LogP contribution is -2.33. The molecule has 1 nitrogen and oxygen atoms in total. The second-order valence-corrected chi connectivity index (χ2v) is 5.32. The van der Waals surface area contributed by atoms with Crippen molar-refractivity contribution in [1.29, 1.82) is 0 Å². The molecule has 1 aromatic carbocycles. The molecular formula is C17H25N. The third-order valence-corrected chi connectivity index (χ3v) is 3.78. The monoisotopic (exact) mass is 243 g/mol. The lowest BCUT2D eigenvalue weighted by Gasteiger charge is -2.24. The molecule has 0 fully saturated rings. The number of aryl methyl sites for hydroxylation is 1. The Morgan fingerprint density at radius 2 is 1.94 bits per heavy atom. The second-order valence-electron chi connectivity index (χ2n) is 5.32. The van der Waals surface area contributed by atoms with Crippen molar-refractivity contribution < 1.29 is 0 Å². The topological polar surface area (TPSA) is 12.0 Å². The van der Waals surface area contributed by atoms with E-state index >= 15 is 0 Å². The van der Waals surface area contributed by atoms with Crippen LogP contribution in [0, 0.1) is 6.92 Å². The van der Waals surface area contributed by atoms with Crippen molar-refractivity contribution in [3.8, 4) is 0 Å². The van der Waals surface area contributed by atoms with Gasteiger partial charge in [-0.15, -0.1) is 0 Å². The van der Waals surface area contributed by atoms with E-state index in [9.17, 15) is 0 Å². The Kier molecular flexibility index (Phi) is 5.00. The van der Waals surface area contributed by atoms with Crippen LogP contribution in [0.15, 0.2) is 35.9 Å². The maximum atomic E-state index is 3.65. The number of likely N-dealkylation sites (N-methyl/N-ethyl adjacent to an activating group) is 1. The van der Waals surface area contributed by atoms with E-state index < -0.39 is 0 Å². The molecule has 1 atom stereocenters. The van der Waals surface area contributed by atoms with E-state index in [0.29, 0.717) is 6.04 Å². The highest BCUT2D eigenvalue weighted by atomic mass is 14.9. The lowest BCUT2D eigenvalue weighted by atomic mass is 9.90. The zero-order chi connectivity index (χ0) is 12.8. The zero-order valence-corrected chi connectivity index (χ0v) is 11.7. The van der Waals surface area contributed by atoms with Gasteiger partial charge in [-0.3, -0.25) is 0 Å². The first-order chi connectivity index (χ1) is 8.79. The third-order valence-electron chi connectivity index (χ3n) is 3.78. The summed E-state index contributed by atoms with van der Waals surface area (Å²) in [6, 6.07) is 9.51. The van der Waals surface area contributed by atoms with E-state index in [-0.39, 0.29) is 0 Å². The quantitative estimate of drug-likeness (QED) is 0.770. The Hall–Kier alpha value is -1.08. The molecule has 0 saturated carbocycles. The Labute approximate surface area is 111 Å². The zero-order valence-electron chi connectivity index (χ0n) is 11.7. The van der Waals surface area contributed by atoms with Crippen LogP contribution in [0.1, 0.15) is 43.7 Å². The molecule has 0 heterocycles. The summed E-state index contributed by atoms with van der Waals surface area (Å²) in [4.78, 5) is 0. The van der Waals surface area contributed by atoms with E-state index in [4.69, 9.17) is 0 Å². The van der Waals surface area contributed by atoms with Crippen LogP contribution in [-0.2, 0) is 6.42 Å². The third kappa shape index (κ3) is 3.71. The fraction of sp³-hybridized carbons (Fsp3) is 0.529. The highest BCUT2D eigenvalue weighted by Crippen LogP contribution is 2.22. The first-order valence-corrected chi connectivity index (χ1v) is 7.27. The highest BCUT2D eigenvalue weighted by molar-refractivity contribution is 5.25.